The maximum absolute atomic E-state index is 16.5. The number of aliphatic imine (C=N–C) groups is 2. The van der Waals surface area contributed by atoms with Gasteiger partial charge in [0.1, 0.15) is 5.84 Å². The first-order valence-corrected chi connectivity index (χ1v) is 24.5. The van der Waals surface area contributed by atoms with Gasteiger partial charge in [-0.25, -0.2) is 9.98 Å². The van der Waals surface area contributed by atoms with E-state index in [1.807, 2.05) is 108 Å². The second kappa shape index (κ2) is 27.4. The van der Waals surface area contributed by atoms with Crippen LogP contribution in [0.2, 0.25) is 0 Å². The lowest BCUT2D eigenvalue weighted by Crippen LogP contribution is -2.34. The summed E-state index contributed by atoms with van der Waals surface area (Å²) in [6.07, 6.45) is 17.0. The second-order valence-corrected chi connectivity index (χ2v) is 17.3. The summed E-state index contributed by atoms with van der Waals surface area (Å²) >= 11 is 0. The molecule has 62 heavy (non-hydrogen) atoms. The Bertz CT molecular complexity index is 2260. The number of benzene rings is 5. The summed E-state index contributed by atoms with van der Waals surface area (Å²) in [5, 5.41) is 5.96. The maximum atomic E-state index is 16.5. The third-order valence-corrected chi connectivity index (χ3v) is 14.5. The molecule has 5 heteroatoms. The number of amidine groups is 1. The number of allylic oxidation sites excluding steroid dienone is 6. The zero-order valence-corrected chi connectivity index (χ0v) is 40.1. The normalized spacial score (nSPS) is 16.4. The van der Waals surface area contributed by atoms with Crippen LogP contribution in [0.25, 0.3) is 6.08 Å². The van der Waals surface area contributed by atoms with Crippen LogP contribution in [0, 0.1) is 0 Å². The van der Waals surface area contributed by atoms with Crippen LogP contribution in [-0.4, -0.2) is 12.2 Å². The van der Waals surface area contributed by atoms with Crippen molar-refractivity contribution >= 4 is 36.0 Å². The van der Waals surface area contributed by atoms with Crippen molar-refractivity contribution in [2.75, 3.05) is 0 Å². The molecule has 1 heterocycles. The lowest BCUT2D eigenvalue weighted by atomic mass is 9.69. The van der Waals surface area contributed by atoms with Gasteiger partial charge in [-0.2, -0.15) is 0 Å². The Hall–Kier alpha value is -5.57. The average Bonchev–Trinajstić information content (AvgIpc) is 3.67. The third-order valence-electron chi connectivity index (χ3n) is 11.0. The molecule has 1 N–H and O–H groups in total. The number of nitrogens with zero attached hydrogens (tertiary/aromatic N) is 2. The van der Waals surface area contributed by atoms with E-state index in [9.17, 15) is 0 Å². The van der Waals surface area contributed by atoms with Crippen molar-refractivity contribution < 1.29 is 4.57 Å². The van der Waals surface area contributed by atoms with Gasteiger partial charge in [0.15, 0.2) is 13.3 Å². The minimum absolute atomic E-state index is 0.257. The summed E-state index contributed by atoms with van der Waals surface area (Å²) in [6.45, 7) is 20.7. The molecule has 2 aliphatic rings. The molecule has 3 atom stereocenters. The molecule has 0 radical (unpaired) electrons. The number of hydrogen-bond donors (Lipinski definition) is 1. The van der Waals surface area contributed by atoms with E-state index in [-0.39, 0.29) is 6.17 Å². The topological polar surface area (TPSA) is 53.8 Å². The molecule has 326 valence electrons. The van der Waals surface area contributed by atoms with Gasteiger partial charge in [-0.15, -0.1) is 0 Å². The monoisotopic (exact) mass is 846 g/mol. The van der Waals surface area contributed by atoms with E-state index in [1.165, 1.54) is 11.1 Å². The highest BCUT2D eigenvalue weighted by atomic mass is 31.2. The van der Waals surface area contributed by atoms with Gasteiger partial charge in [0.05, 0.1) is 6.34 Å². The van der Waals surface area contributed by atoms with Gasteiger partial charge in [-0.05, 0) is 74.0 Å². The molecule has 3 unspecified atom stereocenters. The standard InChI is InChI=1S/C45H48N3OP.C6H6.3C2H6/c1-5-34(2)35(3)50(49,41-30-18-16-21-36(41)24-20-32-43-46-33-47-44(48-43)37-22-10-8-11-23-37)42-31-19-17-29-40(42)45(4,39-27-14-9-15-28-39)38-25-12-6-7-13-26-38;1-2-4-6-5-3-1;3*1-2/h6,8-12,14-25,27-31,33,44H,5,7,13,26,32H2,1-4H3,(H,46,47,48);1-6H;3*1-2H3/b24-20+,35-34+;;;;. The smallest absolute Gasteiger partial charge is 0.168 e. The summed E-state index contributed by atoms with van der Waals surface area (Å²) in [5.74, 6) is 0.846. The number of hydrogen-bond acceptors (Lipinski definition) is 4. The predicted octanol–water partition coefficient (Wildman–Crippen LogP) is 15.6. The molecule has 0 amide bonds. The lowest BCUT2D eigenvalue weighted by molar-refractivity contribution is 0.588. The molecule has 1 aliphatic carbocycles. The minimum atomic E-state index is -3.35. The largest absolute Gasteiger partial charge is 0.335 e. The van der Waals surface area contributed by atoms with Crippen LogP contribution in [0.4, 0.5) is 0 Å². The Morgan fingerprint density at radius 1 is 0.742 bits per heavy atom. The molecule has 0 aromatic heterocycles. The van der Waals surface area contributed by atoms with Gasteiger partial charge in [0, 0.05) is 22.4 Å². The van der Waals surface area contributed by atoms with Crippen LogP contribution in [0.15, 0.2) is 196 Å². The Kier molecular flexibility index (Phi) is 22.4. The van der Waals surface area contributed by atoms with Gasteiger partial charge in [0.25, 0.3) is 0 Å². The maximum Gasteiger partial charge on any atom is 0.168 e. The molecule has 7 rings (SSSR count). The van der Waals surface area contributed by atoms with Crippen molar-refractivity contribution in [2.45, 2.75) is 113 Å². The van der Waals surface area contributed by atoms with Gasteiger partial charge >= 0.3 is 0 Å². The minimum Gasteiger partial charge on any atom is -0.335 e. The Balaban J connectivity index is 0.000000758. The van der Waals surface area contributed by atoms with Crippen molar-refractivity contribution in [1.82, 2.24) is 5.32 Å². The van der Waals surface area contributed by atoms with Crippen molar-refractivity contribution in [3.8, 4) is 0 Å². The molecule has 0 bridgehead atoms. The van der Waals surface area contributed by atoms with Crippen molar-refractivity contribution in [3.05, 3.63) is 209 Å². The molecule has 0 fully saturated rings. The lowest BCUT2D eigenvalue weighted by Gasteiger charge is -2.38. The summed E-state index contributed by atoms with van der Waals surface area (Å²) in [7, 11) is -3.35. The second-order valence-electron chi connectivity index (χ2n) is 14.5. The number of nitrogens with one attached hydrogen (secondary N) is 1. The van der Waals surface area contributed by atoms with Gasteiger partial charge in [-0.3, -0.25) is 0 Å². The van der Waals surface area contributed by atoms with Crippen molar-refractivity contribution in [3.63, 3.8) is 0 Å². The fourth-order valence-electron chi connectivity index (χ4n) is 7.56. The molecule has 4 nitrogen and oxygen atoms in total. The highest BCUT2D eigenvalue weighted by Crippen LogP contribution is 2.57. The van der Waals surface area contributed by atoms with Crippen LogP contribution in [0.3, 0.4) is 0 Å². The first-order chi connectivity index (χ1) is 30.4. The van der Waals surface area contributed by atoms with Crippen LogP contribution >= 0.6 is 7.14 Å². The summed E-state index contributed by atoms with van der Waals surface area (Å²) in [4.78, 5) is 9.40. The fourth-order valence-corrected chi connectivity index (χ4v) is 11.0. The zero-order chi connectivity index (χ0) is 45.2. The summed E-state index contributed by atoms with van der Waals surface area (Å²) in [5.41, 5.74) is 6.35. The van der Waals surface area contributed by atoms with E-state index in [4.69, 9.17) is 4.99 Å². The summed E-state index contributed by atoms with van der Waals surface area (Å²) < 4.78 is 16.5. The first-order valence-electron chi connectivity index (χ1n) is 22.8. The average molecular weight is 846 g/mol. The van der Waals surface area contributed by atoms with E-state index >= 15 is 4.57 Å². The highest BCUT2D eigenvalue weighted by Gasteiger charge is 2.41. The molecular weight excluding hydrogens is 774 g/mol. The molecule has 0 spiro atoms. The molecule has 0 saturated heterocycles. The van der Waals surface area contributed by atoms with Gasteiger partial charge in [-0.1, -0.05) is 236 Å². The van der Waals surface area contributed by atoms with Crippen LogP contribution in [0.1, 0.15) is 130 Å². The third kappa shape index (κ3) is 13.0. The van der Waals surface area contributed by atoms with Crippen molar-refractivity contribution in [1.29, 1.82) is 0 Å². The fraction of sp³-hybridized carbons (Fsp3) is 0.298. The van der Waals surface area contributed by atoms with Crippen LogP contribution in [-0.2, 0) is 9.98 Å². The SMILES string of the molecule is CC.CC.CC.CC/C(C)=C(\C)P(=O)(c1ccccc1/C=C/CC1=NC(c2ccccc2)N=CN1)c1ccccc1C(C)(C1=CC=CCCC1)c1ccccc1.c1ccccc1. The van der Waals surface area contributed by atoms with Crippen molar-refractivity contribution in [2.24, 2.45) is 9.98 Å². The van der Waals surface area contributed by atoms with Crippen LogP contribution in [0.5, 0.6) is 0 Å². The van der Waals surface area contributed by atoms with E-state index in [2.05, 4.69) is 147 Å². The molecule has 1 aliphatic heterocycles. The van der Waals surface area contributed by atoms with E-state index in [1.54, 1.807) is 6.34 Å². The predicted molar refractivity (Wildman–Crippen MR) is 275 cm³/mol. The van der Waals surface area contributed by atoms with E-state index in [0.717, 1.165) is 69.7 Å². The highest BCUT2D eigenvalue weighted by molar-refractivity contribution is 7.82. The molecular formula is C57H72N3OP. The van der Waals surface area contributed by atoms with E-state index < -0.39 is 12.6 Å². The molecule has 5 aromatic carbocycles. The Labute approximate surface area is 375 Å². The summed E-state index contributed by atoms with van der Waals surface area (Å²) in [6, 6.07) is 49.6. The van der Waals surface area contributed by atoms with Gasteiger partial charge < -0.3 is 9.88 Å². The molecule has 5 aromatic rings. The van der Waals surface area contributed by atoms with E-state index in [0.29, 0.717) is 6.42 Å². The van der Waals surface area contributed by atoms with Gasteiger partial charge in [0.2, 0.25) is 0 Å². The Morgan fingerprint density at radius 3 is 1.92 bits per heavy atom. The zero-order valence-electron chi connectivity index (χ0n) is 39.2. The Morgan fingerprint density at radius 2 is 1.29 bits per heavy atom. The quantitative estimate of drug-likeness (QED) is 0.135. The number of rotatable bonds is 11. The first kappa shape index (κ1) is 50.8. The van der Waals surface area contributed by atoms with Crippen LogP contribution < -0.4 is 15.9 Å². The molecule has 0 saturated carbocycles.